The highest BCUT2D eigenvalue weighted by molar-refractivity contribution is 5.76. The van der Waals surface area contributed by atoms with Gasteiger partial charge in [-0.05, 0) is 36.8 Å². The highest BCUT2D eigenvalue weighted by Gasteiger charge is 2.06. The Morgan fingerprint density at radius 1 is 1.39 bits per heavy atom. The number of aliphatic hydroxyl groups excluding tert-OH is 1. The van der Waals surface area contributed by atoms with Crippen molar-refractivity contribution < 1.29 is 9.90 Å². The third kappa shape index (κ3) is 5.32. The summed E-state index contributed by atoms with van der Waals surface area (Å²) in [6.45, 7) is 4.92. The first-order valence-electron chi connectivity index (χ1n) is 6.55. The van der Waals surface area contributed by atoms with Crippen molar-refractivity contribution in [1.29, 1.82) is 0 Å². The minimum absolute atomic E-state index is 0.0862. The second-order valence-electron chi connectivity index (χ2n) is 4.85. The Hall–Kier alpha value is -1.35. The van der Waals surface area contributed by atoms with Gasteiger partial charge in [-0.1, -0.05) is 31.2 Å². The lowest BCUT2D eigenvalue weighted by atomic mass is 10.0. The molecule has 0 aliphatic heterocycles. The van der Waals surface area contributed by atoms with E-state index in [1.54, 1.807) is 0 Å². The summed E-state index contributed by atoms with van der Waals surface area (Å²) in [7, 11) is 0. The molecular formula is C15H23NO2. The SMILES string of the molecule is Cc1ccccc1CCC(=O)NCC(C)CCO. The molecule has 1 rings (SSSR count). The summed E-state index contributed by atoms with van der Waals surface area (Å²) in [6.07, 6.45) is 2.04. The zero-order valence-electron chi connectivity index (χ0n) is 11.3. The van der Waals surface area contributed by atoms with E-state index in [-0.39, 0.29) is 12.5 Å². The van der Waals surface area contributed by atoms with Gasteiger partial charge in [0.05, 0.1) is 0 Å². The summed E-state index contributed by atoms with van der Waals surface area (Å²) in [5, 5.41) is 11.7. The molecule has 0 saturated heterocycles. The van der Waals surface area contributed by atoms with E-state index in [1.165, 1.54) is 11.1 Å². The van der Waals surface area contributed by atoms with Gasteiger partial charge in [0.15, 0.2) is 0 Å². The molecule has 0 heterocycles. The quantitative estimate of drug-likeness (QED) is 0.777. The van der Waals surface area contributed by atoms with E-state index in [2.05, 4.69) is 24.4 Å². The standard InChI is InChI=1S/C15H23NO2/c1-12(9-10-17)11-16-15(18)8-7-14-6-4-3-5-13(14)2/h3-6,12,17H,7-11H2,1-2H3,(H,16,18). The van der Waals surface area contributed by atoms with Crippen LogP contribution in [-0.4, -0.2) is 24.2 Å². The number of carbonyl (C=O) groups excluding carboxylic acids is 1. The van der Waals surface area contributed by atoms with Crippen molar-refractivity contribution in [3.8, 4) is 0 Å². The zero-order valence-corrected chi connectivity index (χ0v) is 11.3. The lowest BCUT2D eigenvalue weighted by Gasteiger charge is -2.11. The molecule has 100 valence electrons. The van der Waals surface area contributed by atoms with E-state index in [4.69, 9.17) is 5.11 Å². The number of aliphatic hydroxyl groups is 1. The fourth-order valence-electron chi connectivity index (χ4n) is 1.84. The minimum Gasteiger partial charge on any atom is -0.396 e. The number of amides is 1. The number of benzene rings is 1. The van der Waals surface area contributed by atoms with Crippen LogP contribution in [0.1, 0.15) is 30.9 Å². The summed E-state index contributed by atoms with van der Waals surface area (Å²) in [5.41, 5.74) is 2.47. The second kappa shape index (κ2) is 7.88. The van der Waals surface area contributed by atoms with E-state index >= 15 is 0 Å². The van der Waals surface area contributed by atoms with E-state index in [0.29, 0.717) is 18.9 Å². The molecule has 18 heavy (non-hydrogen) atoms. The minimum atomic E-state index is 0.0862. The summed E-state index contributed by atoms with van der Waals surface area (Å²) >= 11 is 0. The Balaban J connectivity index is 2.27. The maximum atomic E-state index is 11.7. The van der Waals surface area contributed by atoms with Gasteiger partial charge in [0.2, 0.25) is 5.91 Å². The molecule has 0 aliphatic carbocycles. The van der Waals surface area contributed by atoms with Crippen molar-refractivity contribution in [2.45, 2.75) is 33.1 Å². The van der Waals surface area contributed by atoms with Crippen molar-refractivity contribution >= 4 is 5.91 Å². The highest BCUT2D eigenvalue weighted by atomic mass is 16.3. The van der Waals surface area contributed by atoms with Gasteiger partial charge in [-0.3, -0.25) is 4.79 Å². The van der Waals surface area contributed by atoms with Gasteiger partial charge < -0.3 is 10.4 Å². The van der Waals surface area contributed by atoms with Crippen LogP contribution in [0.5, 0.6) is 0 Å². The van der Waals surface area contributed by atoms with Crippen LogP contribution in [0.4, 0.5) is 0 Å². The van der Waals surface area contributed by atoms with Crippen molar-refractivity contribution in [2.75, 3.05) is 13.2 Å². The molecule has 0 spiro atoms. The van der Waals surface area contributed by atoms with Crippen molar-refractivity contribution in [3.63, 3.8) is 0 Å². The molecule has 2 N–H and O–H groups in total. The smallest absolute Gasteiger partial charge is 0.220 e. The van der Waals surface area contributed by atoms with E-state index in [1.807, 2.05) is 19.1 Å². The van der Waals surface area contributed by atoms with Gasteiger partial charge in [-0.15, -0.1) is 0 Å². The first-order chi connectivity index (χ1) is 8.63. The van der Waals surface area contributed by atoms with Crippen LogP contribution in [0, 0.1) is 12.8 Å². The molecule has 0 saturated carbocycles. The predicted molar refractivity (Wildman–Crippen MR) is 73.4 cm³/mol. The first-order valence-corrected chi connectivity index (χ1v) is 6.55. The molecule has 1 aromatic carbocycles. The largest absolute Gasteiger partial charge is 0.396 e. The number of hydrogen-bond acceptors (Lipinski definition) is 2. The molecule has 1 unspecified atom stereocenters. The molecule has 3 heteroatoms. The van der Waals surface area contributed by atoms with Crippen LogP contribution in [0.25, 0.3) is 0 Å². The summed E-state index contributed by atoms with van der Waals surface area (Å²) < 4.78 is 0. The Bertz CT molecular complexity index is 377. The lowest BCUT2D eigenvalue weighted by Crippen LogP contribution is -2.28. The molecule has 0 bridgehead atoms. The number of carbonyl (C=O) groups is 1. The molecule has 3 nitrogen and oxygen atoms in total. The van der Waals surface area contributed by atoms with Gasteiger partial charge in [-0.2, -0.15) is 0 Å². The average molecular weight is 249 g/mol. The third-order valence-electron chi connectivity index (χ3n) is 3.15. The summed E-state index contributed by atoms with van der Waals surface area (Å²) in [4.78, 5) is 11.7. The van der Waals surface area contributed by atoms with Gasteiger partial charge in [-0.25, -0.2) is 0 Å². The van der Waals surface area contributed by atoms with Crippen molar-refractivity contribution in [1.82, 2.24) is 5.32 Å². The fraction of sp³-hybridized carbons (Fsp3) is 0.533. The zero-order chi connectivity index (χ0) is 13.4. The first kappa shape index (κ1) is 14.7. The molecule has 1 atom stereocenters. The molecular weight excluding hydrogens is 226 g/mol. The number of rotatable bonds is 7. The lowest BCUT2D eigenvalue weighted by molar-refractivity contribution is -0.121. The third-order valence-corrected chi connectivity index (χ3v) is 3.15. The van der Waals surface area contributed by atoms with Crippen LogP contribution in [0.2, 0.25) is 0 Å². The van der Waals surface area contributed by atoms with Gasteiger partial charge in [0.25, 0.3) is 0 Å². The van der Waals surface area contributed by atoms with E-state index in [0.717, 1.165) is 12.8 Å². The number of hydrogen-bond donors (Lipinski definition) is 2. The van der Waals surface area contributed by atoms with E-state index < -0.39 is 0 Å². The van der Waals surface area contributed by atoms with Gasteiger partial charge in [0, 0.05) is 19.6 Å². The summed E-state index contributed by atoms with van der Waals surface area (Å²) in [5.74, 6) is 0.417. The fourth-order valence-corrected chi connectivity index (χ4v) is 1.84. The maximum absolute atomic E-state index is 11.7. The Morgan fingerprint density at radius 2 is 2.11 bits per heavy atom. The van der Waals surface area contributed by atoms with Crippen LogP contribution >= 0.6 is 0 Å². The van der Waals surface area contributed by atoms with Gasteiger partial charge in [0.1, 0.15) is 0 Å². The van der Waals surface area contributed by atoms with Gasteiger partial charge >= 0.3 is 0 Å². The molecule has 1 aromatic rings. The topological polar surface area (TPSA) is 49.3 Å². The Labute approximate surface area is 109 Å². The second-order valence-corrected chi connectivity index (χ2v) is 4.85. The monoisotopic (exact) mass is 249 g/mol. The number of aryl methyl sites for hydroxylation is 2. The van der Waals surface area contributed by atoms with Crippen LogP contribution in [0.3, 0.4) is 0 Å². The average Bonchev–Trinajstić information content (AvgIpc) is 2.36. The Kier molecular flexibility index (Phi) is 6.44. The van der Waals surface area contributed by atoms with Crippen LogP contribution in [0.15, 0.2) is 24.3 Å². The molecule has 0 fully saturated rings. The predicted octanol–water partition coefficient (Wildman–Crippen LogP) is 2.06. The van der Waals surface area contributed by atoms with Crippen LogP contribution < -0.4 is 5.32 Å². The molecule has 0 aromatic heterocycles. The normalized spacial score (nSPS) is 12.2. The molecule has 0 aliphatic rings. The number of nitrogens with one attached hydrogen (secondary N) is 1. The van der Waals surface area contributed by atoms with Crippen LogP contribution in [-0.2, 0) is 11.2 Å². The van der Waals surface area contributed by atoms with E-state index in [9.17, 15) is 4.79 Å². The molecule has 1 amide bonds. The Morgan fingerprint density at radius 3 is 2.78 bits per heavy atom. The highest BCUT2D eigenvalue weighted by Crippen LogP contribution is 2.09. The maximum Gasteiger partial charge on any atom is 0.220 e. The molecule has 0 radical (unpaired) electrons. The van der Waals surface area contributed by atoms with Crippen molar-refractivity contribution in [3.05, 3.63) is 35.4 Å². The summed E-state index contributed by atoms with van der Waals surface area (Å²) in [6, 6.07) is 8.15. The van der Waals surface area contributed by atoms with Crippen molar-refractivity contribution in [2.24, 2.45) is 5.92 Å².